The van der Waals surface area contributed by atoms with E-state index in [9.17, 15) is 0 Å². The van der Waals surface area contributed by atoms with Gasteiger partial charge in [0.15, 0.2) is 5.82 Å². The second-order valence-electron chi connectivity index (χ2n) is 4.89. The Labute approximate surface area is 108 Å². The number of rotatable bonds is 7. The van der Waals surface area contributed by atoms with Crippen molar-refractivity contribution < 1.29 is 4.74 Å². The molecule has 0 saturated carbocycles. The van der Waals surface area contributed by atoms with Crippen LogP contribution in [0.15, 0.2) is 6.07 Å². The number of ether oxygens (including phenoxy) is 1. The Bertz CT molecular complexity index is 381. The minimum atomic E-state index is -0.0146. The van der Waals surface area contributed by atoms with Gasteiger partial charge in [-0.05, 0) is 20.3 Å². The van der Waals surface area contributed by atoms with Crippen molar-refractivity contribution in [3.63, 3.8) is 0 Å². The van der Waals surface area contributed by atoms with E-state index in [1.165, 1.54) is 0 Å². The van der Waals surface area contributed by atoms with Crippen molar-refractivity contribution in [3.05, 3.63) is 11.9 Å². The number of anilines is 2. The summed E-state index contributed by atoms with van der Waals surface area (Å²) >= 11 is 0. The maximum Gasteiger partial charge on any atom is 0.158 e. The summed E-state index contributed by atoms with van der Waals surface area (Å²) in [5.74, 6) is 7.33. The van der Waals surface area contributed by atoms with Crippen molar-refractivity contribution in [2.75, 3.05) is 17.9 Å². The van der Waals surface area contributed by atoms with Gasteiger partial charge in [0.05, 0.1) is 0 Å². The van der Waals surface area contributed by atoms with Gasteiger partial charge in [0.25, 0.3) is 0 Å². The number of hydrazine groups is 1. The number of nitrogens with two attached hydrogens (primary N) is 1. The average molecular weight is 253 g/mol. The zero-order valence-electron chi connectivity index (χ0n) is 11.6. The van der Waals surface area contributed by atoms with E-state index in [-0.39, 0.29) is 5.54 Å². The molecular formula is C12H23N5O. The molecule has 1 rings (SSSR count). The molecule has 0 spiro atoms. The van der Waals surface area contributed by atoms with E-state index >= 15 is 0 Å². The molecule has 0 saturated heterocycles. The monoisotopic (exact) mass is 253 g/mol. The fourth-order valence-electron chi connectivity index (χ4n) is 1.86. The van der Waals surface area contributed by atoms with Gasteiger partial charge in [0.2, 0.25) is 0 Å². The average Bonchev–Trinajstić information content (AvgIpc) is 2.28. The molecule has 0 bridgehead atoms. The molecule has 1 heterocycles. The molecule has 4 N–H and O–H groups in total. The molecule has 0 atom stereocenters. The van der Waals surface area contributed by atoms with Gasteiger partial charge in [-0.15, -0.1) is 0 Å². The van der Waals surface area contributed by atoms with Crippen molar-refractivity contribution in [3.8, 4) is 0 Å². The predicted octanol–water partition coefficient (Wildman–Crippen LogP) is 1.90. The molecule has 6 nitrogen and oxygen atoms in total. The third-order valence-electron chi connectivity index (χ3n) is 2.54. The standard InChI is InChI=1S/C12H23N5O/c1-5-6-12(2,3)16-9-7-10(17-13)15-11(14-9)8-18-4/h7H,5-6,8,13H2,1-4H3,(H2,14,15,16,17). The van der Waals surface area contributed by atoms with Gasteiger partial charge >= 0.3 is 0 Å². The second kappa shape index (κ2) is 6.51. The van der Waals surface area contributed by atoms with E-state index in [1.54, 1.807) is 13.2 Å². The number of nitrogens with zero attached hydrogens (tertiary/aromatic N) is 2. The van der Waals surface area contributed by atoms with Crippen LogP contribution < -0.4 is 16.6 Å². The van der Waals surface area contributed by atoms with Crippen LogP contribution in [0, 0.1) is 0 Å². The van der Waals surface area contributed by atoms with Crippen LogP contribution >= 0.6 is 0 Å². The molecule has 0 aromatic carbocycles. The highest BCUT2D eigenvalue weighted by Crippen LogP contribution is 2.20. The minimum absolute atomic E-state index is 0.0146. The highest BCUT2D eigenvalue weighted by molar-refractivity contribution is 5.48. The Morgan fingerprint density at radius 2 is 2.00 bits per heavy atom. The molecule has 0 amide bonds. The summed E-state index contributed by atoms with van der Waals surface area (Å²) < 4.78 is 5.04. The van der Waals surface area contributed by atoms with Gasteiger partial charge in [-0.3, -0.25) is 0 Å². The minimum Gasteiger partial charge on any atom is -0.377 e. The summed E-state index contributed by atoms with van der Waals surface area (Å²) in [5.41, 5.74) is 2.52. The van der Waals surface area contributed by atoms with Crippen LogP contribution in [-0.4, -0.2) is 22.6 Å². The topological polar surface area (TPSA) is 85.1 Å². The van der Waals surface area contributed by atoms with Gasteiger partial charge in [-0.25, -0.2) is 15.8 Å². The lowest BCUT2D eigenvalue weighted by Crippen LogP contribution is -2.31. The summed E-state index contributed by atoms with van der Waals surface area (Å²) in [4.78, 5) is 8.60. The Balaban J connectivity index is 2.90. The van der Waals surface area contributed by atoms with Gasteiger partial charge in [-0.2, -0.15) is 0 Å². The van der Waals surface area contributed by atoms with E-state index in [0.717, 1.165) is 18.7 Å². The number of hydrogen-bond donors (Lipinski definition) is 3. The summed E-state index contributed by atoms with van der Waals surface area (Å²) in [7, 11) is 1.61. The largest absolute Gasteiger partial charge is 0.377 e. The Hall–Kier alpha value is -1.40. The van der Waals surface area contributed by atoms with Crippen LogP contribution in [0.25, 0.3) is 0 Å². The first-order chi connectivity index (χ1) is 8.50. The van der Waals surface area contributed by atoms with Crippen molar-refractivity contribution in [2.24, 2.45) is 5.84 Å². The maximum atomic E-state index is 5.40. The van der Waals surface area contributed by atoms with E-state index in [0.29, 0.717) is 18.2 Å². The molecule has 0 aliphatic carbocycles. The molecule has 1 aromatic heterocycles. The molecule has 6 heteroatoms. The van der Waals surface area contributed by atoms with Crippen molar-refractivity contribution in [1.29, 1.82) is 0 Å². The Morgan fingerprint density at radius 3 is 2.56 bits per heavy atom. The Kier molecular flexibility index (Phi) is 5.30. The first-order valence-corrected chi connectivity index (χ1v) is 6.12. The van der Waals surface area contributed by atoms with Gasteiger partial charge < -0.3 is 15.5 Å². The quantitative estimate of drug-likeness (QED) is 0.508. The molecule has 0 fully saturated rings. The lowest BCUT2D eigenvalue weighted by atomic mass is 9.99. The van der Waals surface area contributed by atoms with Crippen molar-refractivity contribution in [1.82, 2.24) is 9.97 Å². The molecule has 1 aromatic rings. The van der Waals surface area contributed by atoms with Crippen molar-refractivity contribution >= 4 is 11.6 Å². The molecule has 102 valence electrons. The van der Waals surface area contributed by atoms with Crippen LogP contribution in [0.3, 0.4) is 0 Å². The van der Waals surface area contributed by atoms with E-state index in [4.69, 9.17) is 10.6 Å². The lowest BCUT2D eigenvalue weighted by Gasteiger charge is -2.26. The molecule has 18 heavy (non-hydrogen) atoms. The molecule has 0 aliphatic rings. The molecule has 0 radical (unpaired) electrons. The summed E-state index contributed by atoms with van der Waals surface area (Å²) in [6.07, 6.45) is 2.17. The van der Waals surface area contributed by atoms with E-state index in [1.807, 2.05) is 0 Å². The SMILES string of the molecule is CCCC(C)(C)Nc1cc(NN)nc(COC)n1. The fraction of sp³-hybridized carbons (Fsp3) is 0.667. The summed E-state index contributed by atoms with van der Waals surface area (Å²) in [5, 5.41) is 3.39. The van der Waals surface area contributed by atoms with E-state index < -0.39 is 0 Å². The third kappa shape index (κ3) is 4.46. The van der Waals surface area contributed by atoms with Crippen molar-refractivity contribution in [2.45, 2.75) is 45.8 Å². The first-order valence-electron chi connectivity index (χ1n) is 6.12. The van der Waals surface area contributed by atoms with Crippen LogP contribution in [0.5, 0.6) is 0 Å². The fourth-order valence-corrected chi connectivity index (χ4v) is 1.86. The highest BCUT2D eigenvalue weighted by atomic mass is 16.5. The smallest absolute Gasteiger partial charge is 0.158 e. The molecular weight excluding hydrogens is 230 g/mol. The highest BCUT2D eigenvalue weighted by Gasteiger charge is 2.17. The maximum absolute atomic E-state index is 5.40. The first kappa shape index (κ1) is 14.7. The molecule has 0 unspecified atom stereocenters. The predicted molar refractivity (Wildman–Crippen MR) is 73.2 cm³/mol. The summed E-state index contributed by atoms with van der Waals surface area (Å²) in [6, 6.07) is 1.79. The zero-order valence-corrected chi connectivity index (χ0v) is 11.6. The van der Waals surface area contributed by atoms with Crippen LogP contribution in [0.4, 0.5) is 11.6 Å². The molecule has 0 aliphatic heterocycles. The zero-order chi connectivity index (χ0) is 13.6. The second-order valence-corrected chi connectivity index (χ2v) is 4.89. The number of nitrogens with one attached hydrogen (secondary N) is 2. The number of hydrogen-bond acceptors (Lipinski definition) is 6. The van der Waals surface area contributed by atoms with Crippen LogP contribution in [-0.2, 0) is 11.3 Å². The number of aromatic nitrogens is 2. The van der Waals surface area contributed by atoms with Crippen LogP contribution in [0.2, 0.25) is 0 Å². The summed E-state index contributed by atoms with van der Waals surface area (Å²) in [6.45, 7) is 6.80. The lowest BCUT2D eigenvalue weighted by molar-refractivity contribution is 0.178. The normalized spacial score (nSPS) is 11.4. The van der Waals surface area contributed by atoms with Gasteiger partial charge in [0, 0.05) is 18.7 Å². The van der Waals surface area contributed by atoms with Crippen LogP contribution in [0.1, 0.15) is 39.4 Å². The van der Waals surface area contributed by atoms with E-state index in [2.05, 4.69) is 41.5 Å². The number of methoxy groups -OCH3 is 1. The van der Waals surface area contributed by atoms with Gasteiger partial charge in [0.1, 0.15) is 18.2 Å². The Morgan fingerprint density at radius 1 is 1.33 bits per heavy atom. The number of nitrogen functional groups attached to an aromatic ring is 1. The van der Waals surface area contributed by atoms with Gasteiger partial charge in [-0.1, -0.05) is 13.3 Å². The third-order valence-corrected chi connectivity index (χ3v) is 2.54.